The molecule has 4 nitrogen and oxygen atoms in total. The molecule has 1 aromatic rings. The highest BCUT2D eigenvalue weighted by molar-refractivity contribution is 7.80. The SMILES string of the molecule is COC(=O)C(C)(C)COc1ccccc1C(N)=S. The Morgan fingerprint density at radius 3 is 2.56 bits per heavy atom. The van der Waals surface area contributed by atoms with Crippen molar-refractivity contribution in [3.8, 4) is 5.75 Å². The molecule has 1 rings (SSSR count). The molecule has 0 aromatic heterocycles. The van der Waals surface area contributed by atoms with E-state index >= 15 is 0 Å². The molecule has 98 valence electrons. The van der Waals surface area contributed by atoms with Gasteiger partial charge in [0.2, 0.25) is 0 Å². The highest BCUT2D eigenvalue weighted by Crippen LogP contribution is 2.23. The van der Waals surface area contributed by atoms with E-state index in [1.54, 1.807) is 26.0 Å². The van der Waals surface area contributed by atoms with Gasteiger partial charge in [0, 0.05) is 0 Å². The molecule has 0 aliphatic rings. The second-order valence-electron chi connectivity index (χ2n) is 4.52. The lowest BCUT2D eigenvalue weighted by atomic mass is 9.95. The van der Waals surface area contributed by atoms with E-state index in [1.807, 2.05) is 12.1 Å². The molecule has 0 saturated carbocycles. The standard InChI is InChI=1S/C13H17NO3S/c1-13(2,12(15)16-3)8-17-10-7-5-4-6-9(10)11(14)18/h4-7H,8H2,1-3H3,(H2,14,18). The molecular weight excluding hydrogens is 250 g/mol. The van der Waals surface area contributed by atoms with Crippen LogP contribution >= 0.6 is 12.2 Å². The van der Waals surface area contributed by atoms with Crippen molar-refractivity contribution in [2.45, 2.75) is 13.8 Å². The quantitative estimate of drug-likeness (QED) is 0.652. The molecule has 2 N–H and O–H groups in total. The van der Waals surface area contributed by atoms with Crippen LogP contribution in [0.5, 0.6) is 5.75 Å². The molecule has 0 spiro atoms. The van der Waals surface area contributed by atoms with Gasteiger partial charge in [0.05, 0.1) is 18.1 Å². The molecule has 1 aromatic carbocycles. The van der Waals surface area contributed by atoms with Crippen LogP contribution in [0.1, 0.15) is 19.4 Å². The van der Waals surface area contributed by atoms with Crippen LogP contribution < -0.4 is 10.5 Å². The van der Waals surface area contributed by atoms with Gasteiger partial charge in [-0.1, -0.05) is 24.4 Å². The Morgan fingerprint density at radius 1 is 1.39 bits per heavy atom. The van der Waals surface area contributed by atoms with Gasteiger partial charge < -0.3 is 15.2 Å². The van der Waals surface area contributed by atoms with Gasteiger partial charge >= 0.3 is 5.97 Å². The fourth-order valence-corrected chi connectivity index (χ4v) is 1.56. The van der Waals surface area contributed by atoms with E-state index in [9.17, 15) is 4.79 Å². The maximum Gasteiger partial charge on any atom is 0.314 e. The maximum absolute atomic E-state index is 11.5. The van der Waals surface area contributed by atoms with Gasteiger partial charge in [-0.2, -0.15) is 0 Å². The van der Waals surface area contributed by atoms with Crippen molar-refractivity contribution in [1.29, 1.82) is 0 Å². The van der Waals surface area contributed by atoms with Crippen LogP contribution in [0.15, 0.2) is 24.3 Å². The minimum absolute atomic E-state index is 0.194. The van der Waals surface area contributed by atoms with E-state index in [4.69, 9.17) is 27.4 Å². The number of rotatable bonds is 5. The van der Waals surface area contributed by atoms with E-state index in [1.165, 1.54) is 7.11 Å². The summed E-state index contributed by atoms with van der Waals surface area (Å²) in [6, 6.07) is 7.19. The third-order valence-corrected chi connectivity index (χ3v) is 2.70. The van der Waals surface area contributed by atoms with Gasteiger partial charge in [0.25, 0.3) is 0 Å². The van der Waals surface area contributed by atoms with Gasteiger partial charge in [-0.15, -0.1) is 0 Å². The van der Waals surface area contributed by atoms with Crippen LogP contribution in [0.3, 0.4) is 0 Å². The molecule has 0 aliphatic carbocycles. The second-order valence-corrected chi connectivity index (χ2v) is 4.96. The molecule has 0 saturated heterocycles. The number of esters is 1. The third-order valence-electron chi connectivity index (χ3n) is 2.48. The summed E-state index contributed by atoms with van der Waals surface area (Å²) in [4.78, 5) is 11.8. The van der Waals surface area contributed by atoms with Gasteiger partial charge in [0.1, 0.15) is 17.3 Å². The number of methoxy groups -OCH3 is 1. The average molecular weight is 267 g/mol. The predicted molar refractivity (Wildman–Crippen MR) is 73.6 cm³/mol. The average Bonchev–Trinajstić information content (AvgIpc) is 2.35. The summed E-state index contributed by atoms with van der Waals surface area (Å²) >= 11 is 4.94. The Kier molecular flexibility index (Phi) is 4.67. The summed E-state index contributed by atoms with van der Waals surface area (Å²) in [6.45, 7) is 3.70. The maximum atomic E-state index is 11.5. The monoisotopic (exact) mass is 267 g/mol. The smallest absolute Gasteiger partial charge is 0.314 e. The fraction of sp³-hybridized carbons (Fsp3) is 0.385. The summed E-state index contributed by atoms with van der Waals surface area (Å²) < 4.78 is 10.3. The van der Waals surface area contributed by atoms with Crippen molar-refractivity contribution in [3.05, 3.63) is 29.8 Å². The zero-order valence-corrected chi connectivity index (χ0v) is 11.5. The zero-order valence-electron chi connectivity index (χ0n) is 10.7. The molecule has 0 fully saturated rings. The Morgan fingerprint density at radius 2 is 2.00 bits per heavy atom. The predicted octanol–water partition coefficient (Wildman–Crippen LogP) is 1.90. The van der Waals surface area contributed by atoms with Crippen molar-refractivity contribution in [3.63, 3.8) is 0 Å². The van der Waals surface area contributed by atoms with Crippen LogP contribution in [0.25, 0.3) is 0 Å². The first-order chi connectivity index (χ1) is 8.38. The summed E-state index contributed by atoms with van der Waals surface area (Å²) in [5, 5.41) is 0. The van der Waals surface area contributed by atoms with Crippen molar-refractivity contribution >= 4 is 23.2 Å². The van der Waals surface area contributed by atoms with Gasteiger partial charge in [-0.05, 0) is 26.0 Å². The third kappa shape index (κ3) is 3.43. The highest BCUT2D eigenvalue weighted by atomic mass is 32.1. The molecule has 0 bridgehead atoms. The van der Waals surface area contributed by atoms with Crippen LogP contribution in [0, 0.1) is 5.41 Å². The molecule has 0 heterocycles. The van der Waals surface area contributed by atoms with E-state index in [0.29, 0.717) is 11.3 Å². The Labute approximate surface area is 112 Å². The fourth-order valence-electron chi connectivity index (χ4n) is 1.39. The Bertz CT molecular complexity index is 457. The normalized spacial score (nSPS) is 10.8. The first kappa shape index (κ1) is 14.4. The van der Waals surface area contributed by atoms with Crippen LogP contribution in [0.4, 0.5) is 0 Å². The topological polar surface area (TPSA) is 61.5 Å². The lowest BCUT2D eigenvalue weighted by molar-refractivity contribution is -0.152. The minimum Gasteiger partial charge on any atom is -0.492 e. The summed E-state index contributed by atoms with van der Waals surface area (Å²) in [5.41, 5.74) is 5.54. The molecule has 0 atom stereocenters. The van der Waals surface area contributed by atoms with Crippen LogP contribution in [0.2, 0.25) is 0 Å². The van der Waals surface area contributed by atoms with Crippen LogP contribution in [-0.2, 0) is 9.53 Å². The number of nitrogens with two attached hydrogens (primary N) is 1. The largest absolute Gasteiger partial charge is 0.492 e. The van der Waals surface area contributed by atoms with Crippen molar-refractivity contribution in [2.24, 2.45) is 11.1 Å². The summed E-state index contributed by atoms with van der Waals surface area (Å²) in [6.07, 6.45) is 0. The van der Waals surface area contributed by atoms with E-state index in [0.717, 1.165) is 0 Å². The van der Waals surface area contributed by atoms with E-state index < -0.39 is 5.41 Å². The first-order valence-electron chi connectivity index (χ1n) is 5.48. The van der Waals surface area contributed by atoms with Crippen molar-refractivity contribution < 1.29 is 14.3 Å². The zero-order chi connectivity index (χ0) is 13.8. The molecule has 0 aliphatic heterocycles. The second kappa shape index (κ2) is 5.82. The number of ether oxygens (including phenoxy) is 2. The number of carbonyl (C=O) groups is 1. The number of carbonyl (C=O) groups excluding carboxylic acids is 1. The number of thiocarbonyl (C=S) groups is 1. The lowest BCUT2D eigenvalue weighted by Crippen LogP contribution is -2.32. The highest BCUT2D eigenvalue weighted by Gasteiger charge is 2.30. The van der Waals surface area contributed by atoms with Gasteiger partial charge in [-0.3, -0.25) is 4.79 Å². The molecule has 5 heteroatoms. The van der Waals surface area contributed by atoms with Crippen molar-refractivity contribution in [2.75, 3.05) is 13.7 Å². The number of benzene rings is 1. The minimum atomic E-state index is -0.724. The summed E-state index contributed by atoms with van der Waals surface area (Å²) in [5.74, 6) is 0.247. The van der Waals surface area contributed by atoms with Gasteiger partial charge in [-0.25, -0.2) is 0 Å². The Balaban J connectivity index is 2.81. The Hall–Kier alpha value is -1.62. The number of hydrogen-bond donors (Lipinski definition) is 1. The molecule has 0 amide bonds. The number of hydrogen-bond acceptors (Lipinski definition) is 4. The molecule has 0 radical (unpaired) electrons. The van der Waals surface area contributed by atoms with Crippen molar-refractivity contribution in [1.82, 2.24) is 0 Å². The van der Waals surface area contributed by atoms with Gasteiger partial charge in [0.15, 0.2) is 0 Å². The van der Waals surface area contributed by atoms with E-state index in [-0.39, 0.29) is 17.6 Å². The van der Waals surface area contributed by atoms with Crippen LogP contribution in [-0.4, -0.2) is 24.7 Å². The molecule has 18 heavy (non-hydrogen) atoms. The molecule has 0 unspecified atom stereocenters. The molecular formula is C13H17NO3S. The summed E-state index contributed by atoms with van der Waals surface area (Å²) in [7, 11) is 1.35. The lowest BCUT2D eigenvalue weighted by Gasteiger charge is -2.22. The van der Waals surface area contributed by atoms with E-state index in [2.05, 4.69) is 0 Å². The first-order valence-corrected chi connectivity index (χ1v) is 5.89. The number of para-hydroxylation sites is 1.